The van der Waals surface area contributed by atoms with Gasteiger partial charge in [0.1, 0.15) is 12.7 Å². The molecule has 0 amide bonds. The van der Waals surface area contributed by atoms with Crippen molar-refractivity contribution in [1.29, 1.82) is 0 Å². The average molecular weight is 670 g/mol. The smallest absolute Gasteiger partial charge is 0.307 e. The first kappa shape index (κ1) is 43.3. The van der Waals surface area contributed by atoms with Crippen LogP contribution in [0.1, 0.15) is 174 Å². The van der Waals surface area contributed by atoms with Crippen LogP contribution in [0.4, 0.5) is 0 Å². The molecule has 0 saturated carbocycles. The Labute approximate surface area is 287 Å². The molecule has 1 aliphatic heterocycles. The highest BCUT2D eigenvalue weighted by Crippen LogP contribution is 2.27. The van der Waals surface area contributed by atoms with Crippen molar-refractivity contribution >= 4 is 17.9 Å². The zero-order valence-corrected chi connectivity index (χ0v) is 30.7. The largest absolute Gasteiger partial charge is 0.463 e. The van der Waals surface area contributed by atoms with E-state index in [-0.39, 0.29) is 25.9 Å². The molecule has 47 heavy (non-hydrogen) atoms. The van der Waals surface area contributed by atoms with Crippen molar-refractivity contribution in [2.45, 2.75) is 199 Å². The summed E-state index contributed by atoms with van der Waals surface area (Å²) in [6, 6.07) is 0. The number of aliphatic hydroxyl groups excluding tert-OH is 1. The Morgan fingerprint density at radius 3 is 1.34 bits per heavy atom. The van der Waals surface area contributed by atoms with E-state index in [1.807, 2.05) is 19.0 Å². The van der Waals surface area contributed by atoms with E-state index >= 15 is 0 Å². The number of carbonyl (C=O) groups is 3. The number of ether oxygens (including phenoxy) is 4. The van der Waals surface area contributed by atoms with Gasteiger partial charge in [0.05, 0.1) is 6.42 Å². The van der Waals surface area contributed by atoms with Crippen LogP contribution in [-0.4, -0.2) is 79.8 Å². The summed E-state index contributed by atoms with van der Waals surface area (Å²) < 4.78 is 22.3. The summed E-state index contributed by atoms with van der Waals surface area (Å²) in [5.41, 5.74) is 0. The molecule has 1 N–H and O–H groups in total. The van der Waals surface area contributed by atoms with Crippen LogP contribution in [0.15, 0.2) is 0 Å². The molecule has 0 aromatic heterocycles. The van der Waals surface area contributed by atoms with Crippen LogP contribution < -0.4 is 0 Å². The van der Waals surface area contributed by atoms with Crippen molar-refractivity contribution in [2.24, 2.45) is 0 Å². The molecule has 0 aromatic carbocycles. The Hall–Kier alpha value is -1.71. The molecule has 0 aliphatic carbocycles. The van der Waals surface area contributed by atoms with Crippen molar-refractivity contribution in [3.8, 4) is 0 Å². The van der Waals surface area contributed by atoms with Gasteiger partial charge in [0, 0.05) is 19.4 Å². The van der Waals surface area contributed by atoms with E-state index < -0.39 is 42.5 Å². The minimum absolute atomic E-state index is 0.197. The monoisotopic (exact) mass is 670 g/mol. The molecule has 0 aromatic rings. The van der Waals surface area contributed by atoms with Crippen LogP contribution >= 0.6 is 0 Å². The fourth-order valence-corrected chi connectivity index (χ4v) is 5.96. The predicted octanol–water partition coefficient (Wildman–Crippen LogP) is 8.42. The highest BCUT2D eigenvalue weighted by atomic mass is 16.7. The second kappa shape index (κ2) is 29.2. The van der Waals surface area contributed by atoms with Crippen molar-refractivity contribution < 1.29 is 38.4 Å². The molecule has 0 bridgehead atoms. The topological polar surface area (TPSA) is 112 Å². The third-order valence-electron chi connectivity index (χ3n) is 8.96. The van der Waals surface area contributed by atoms with Crippen LogP contribution in [0, 0.1) is 0 Å². The second-order valence-corrected chi connectivity index (χ2v) is 13.8. The number of hydrogen-bond acceptors (Lipinski definition) is 9. The fourth-order valence-electron chi connectivity index (χ4n) is 5.96. The number of carbonyl (C=O) groups excluding carboxylic acids is 3. The lowest BCUT2D eigenvalue weighted by Gasteiger charge is -2.23. The molecule has 276 valence electrons. The van der Waals surface area contributed by atoms with Gasteiger partial charge in [-0.25, -0.2) is 0 Å². The standard InChI is InChI=1S/C38H71NO8/c1-5-7-9-11-13-15-17-19-21-23-25-27-34(41)46-36-32(31-44-33(40)29-30-39(3)4)45-38(43)37(36)47-35(42)28-26-24-22-20-18-16-14-12-10-8-6-2/h32,36-38,43H,5-31H2,1-4H3/t32-,36?,37+,38-/m1/s1. The Morgan fingerprint density at radius 1 is 0.553 bits per heavy atom. The molecule has 9 heteroatoms. The van der Waals surface area contributed by atoms with Crippen molar-refractivity contribution in [2.75, 3.05) is 27.2 Å². The van der Waals surface area contributed by atoms with Crippen LogP contribution in [0.3, 0.4) is 0 Å². The molecule has 1 saturated heterocycles. The van der Waals surface area contributed by atoms with E-state index in [4.69, 9.17) is 18.9 Å². The summed E-state index contributed by atoms with van der Waals surface area (Å²) in [4.78, 5) is 39.7. The summed E-state index contributed by atoms with van der Waals surface area (Å²) in [7, 11) is 3.73. The highest BCUT2D eigenvalue weighted by Gasteiger charge is 2.49. The van der Waals surface area contributed by atoms with Gasteiger partial charge in [-0.15, -0.1) is 0 Å². The van der Waals surface area contributed by atoms with E-state index in [0.717, 1.165) is 25.7 Å². The van der Waals surface area contributed by atoms with E-state index in [1.54, 1.807) is 0 Å². The number of unbranched alkanes of at least 4 members (excludes halogenated alkanes) is 20. The average Bonchev–Trinajstić information content (AvgIpc) is 3.33. The lowest BCUT2D eigenvalue weighted by atomic mass is 10.1. The lowest BCUT2D eigenvalue weighted by molar-refractivity contribution is -0.177. The summed E-state index contributed by atoms with van der Waals surface area (Å²) in [6.07, 6.45) is 22.0. The number of rotatable bonds is 31. The van der Waals surface area contributed by atoms with E-state index in [2.05, 4.69) is 13.8 Å². The van der Waals surface area contributed by atoms with Gasteiger partial charge in [-0.3, -0.25) is 14.4 Å². The molecule has 1 fully saturated rings. The Kier molecular flexibility index (Phi) is 26.9. The highest BCUT2D eigenvalue weighted by molar-refractivity contribution is 5.71. The predicted molar refractivity (Wildman–Crippen MR) is 187 cm³/mol. The summed E-state index contributed by atoms with van der Waals surface area (Å²) >= 11 is 0. The molecule has 1 rings (SSSR count). The molecule has 0 radical (unpaired) electrons. The number of nitrogens with zero attached hydrogens (tertiary/aromatic N) is 1. The van der Waals surface area contributed by atoms with Gasteiger partial charge in [0.25, 0.3) is 0 Å². The van der Waals surface area contributed by atoms with Crippen LogP contribution in [0.25, 0.3) is 0 Å². The summed E-state index contributed by atoms with van der Waals surface area (Å²) in [5.74, 6) is -1.30. The van der Waals surface area contributed by atoms with Crippen LogP contribution in [-0.2, 0) is 33.3 Å². The molecule has 1 heterocycles. The Morgan fingerprint density at radius 2 is 0.936 bits per heavy atom. The Bertz CT molecular complexity index is 792. The maximum atomic E-state index is 12.8. The van der Waals surface area contributed by atoms with Gasteiger partial charge in [0.2, 0.25) is 0 Å². The SMILES string of the molecule is CCCCCCCCCCCCCC(=O)OC1[C@@H](COC(=O)CCN(C)C)O[C@@H](O)[C@H]1OC(=O)CCCCCCCCCCCCC. The molecule has 9 nitrogen and oxygen atoms in total. The van der Waals surface area contributed by atoms with Gasteiger partial charge in [0.15, 0.2) is 18.5 Å². The van der Waals surface area contributed by atoms with Gasteiger partial charge in [-0.2, -0.15) is 0 Å². The number of hydrogen-bond donors (Lipinski definition) is 1. The molecular weight excluding hydrogens is 598 g/mol. The summed E-state index contributed by atoms with van der Waals surface area (Å²) in [6.45, 7) is 4.80. The van der Waals surface area contributed by atoms with Gasteiger partial charge >= 0.3 is 17.9 Å². The van der Waals surface area contributed by atoms with E-state index in [9.17, 15) is 19.5 Å². The van der Waals surface area contributed by atoms with Gasteiger partial charge in [-0.05, 0) is 26.9 Å². The summed E-state index contributed by atoms with van der Waals surface area (Å²) in [5, 5.41) is 10.6. The van der Waals surface area contributed by atoms with Gasteiger partial charge < -0.3 is 29.0 Å². The normalized spacial score (nSPS) is 19.3. The Balaban J connectivity index is 2.47. The van der Waals surface area contributed by atoms with E-state index in [1.165, 1.54) is 103 Å². The first-order valence-electron chi connectivity index (χ1n) is 19.3. The van der Waals surface area contributed by atoms with Gasteiger partial charge in [-0.1, -0.05) is 142 Å². The van der Waals surface area contributed by atoms with Crippen molar-refractivity contribution in [3.63, 3.8) is 0 Å². The molecular formula is C38H71NO8. The maximum absolute atomic E-state index is 12.8. The minimum atomic E-state index is -1.47. The van der Waals surface area contributed by atoms with E-state index in [0.29, 0.717) is 19.4 Å². The molecule has 1 unspecified atom stereocenters. The van der Waals surface area contributed by atoms with Crippen LogP contribution in [0.2, 0.25) is 0 Å². The molecule has 1 aliphatic rings. The zero-order valence-electron chi connectivity index (χ0n) is 30.7. The molecule has 4 atom stereocenters. The first-order chi connectivity index (χ1) is 22.8. The number of esters is 3. The third-order valence-corrected chi connectivity index (χ3v) is 8.96. The maximum Gasteiger partial charge on any atom is 0.307 e. The fraction of sp³-hybridized carbons (Fsp3) is 0.921. The quantitative estimate of drug-likeness (QED) is 0.0442. The zero-order chi connectivity index (χ0) is 34.5. The lowest BCUT2D eigenvalue weighted by Crippen LogP contribution is -2.42. The number of aliphatic hydroxyl groups is 1. The van der Waals surface area contributed by atoms with Crippen molar-refractivity contribution in [1.82, 2.24) is 4.90 Å². The minimum Gasteiger partial charge on any atom is -0.463 e. The third kappa shape index (κ3) is 23.3. The van der Waals surface area contributed by atoms with Crippen LogP contribution in [0.5, 0.6) is 0 Å². The molecule has 0 spiro atoms. The first-order valence-corrected chi connectivity index (χ1v) is 19.3. The van der Waals surface area contributed by atoms with Crippen molar-refractivity contribution in [3.05, 3.63) is 0 Å². The second-order valence-electron chi connectivity index (χ2n) is 13.8.